The van der Waals surface area contributed by atoms with Crippen molar-refractivity contribution < 1.29 is 18.3 Å². The molecular weight excluding hydrogens is 242 g/mol. The molecule has 5 nitrogen and oxygen atoms in total. The van der Waals surface area contributed by atoms with Gasteiger partial charge in [0.1, 0.15) is 0 Å². The number of anilines is 1. The third-order valence-corrected chi connectivity index (χ3v) is 4.98. The maximum Gasteiger partial charge on any atom is 0.323 e. The van der Waals surface area contributed by atoms with Crippen molar-refractivity contribution >= 4 is 21.7 Å². The third kappa shape index (κ3) is 2.12. The molecule has 0 radical (unpaired) electrons. The molecule has 6 heteroatoms. The van der Waals surface area contributed by atoms with Crippen molar-refractivity contribution in [2.24, 2.45) is 0 Å². The molecule has 0 spiro atoms. The Morgan fingerprint density at radius 1 is 1.29 bits per heavy atom. The summed E-state index contributed by atoms with van der Waals surface area (Å²) in [5.74, 6) is -1.27. The standard InChI is InChI=1S/C11H13NO4S/c13-11(14)10-7-4-8-12(17(10,15)16)9-5-2-1-3-6-9/h1-3,5-6,10H,4,7-8H2,(H,13,14). The van der Waals surface area contributed by atoms with Crippen LogP contribution in [0.2, 0.25) is 0 Å². The predicted molar refractivity (Wildman–Crippen MR) is 63.4 cm³/mol. The van der Waals surface area contributed by atoms with E-state index in [1.54, 1.807) is 30.3 Å². The molecular formula is C11H13NO4S. The molecule has 1 aliphatic rings. The van der Waals surface area contributed by atoms with Gasteiger partial charge in [-0.15, -0.1) is 0 Å². The Labute approximate surface area is 99.7 Å². The Hall–Kier alpha value is -1.56. The van der Waals surface area contributed by atoms with Gasteiger partial charge in [-0.2, -0.15) is 0 Å². The number of carbonyl (C=O) groups is 1. The zero-order valence-corrected chi connectivity index (χ0v) is 9.93. The van der Waals surface area contributed by atoms with Gasteiger partial charge in [-0.25, -0.2) is 8.42 Å². The number of sulfonamides is 1. The number of para-hydroxylation sites is 1. The number of aliphatic carboxylic acids is 1. The molecule has 1 heterocycles. The second-order valence-electron chi connectivity index (χ2n) is 3.92. The highest BCUT2D eigenvalue weighted by molar-refractivity contribution is 7.94. The van der Waals surface area contributed by atoms with Gasteiger partial charge in [-0.1, -0.05) is 18.2 Å². The monoisotopic (exact) mass is 255 g/mol. The van der Waals surface area contributed by atoms with Crippen molar-refractivity contribution in [3.8, 4) is 0 Å². The Kier molecular flexibility index (Phi) is 3.06. The van der Waals surface area contributed by atoms with E-state index in [1.807, 2.05) is 0 Å². The molecule has 0 amide bonds. The van der Waals surface area contributed by atoms with E-state index in [2.05, 4.69) is 0 Å². The SMILES string of the molecule is O=C(O)C1CCCN(c2ccccc2)S1(=O)=O. The minimum absolute atomic E-state index is 0.182. The number of benzene rings is 1. The van der Waals surface area contributed by atoms with Crippen LogP contribution in [0, 0.1) is 0 Å². The lowest BCUT2D eigenvalue weighted by atomic mass is 10.2. The van der Waals surface area contributed by atoms with E-state index in [-0.39, 0.29) is 6.42 Å². The van der Waals surface area contributed by atoms with Gasteiger partial charge in [0, 0.05) is 6.54 Å². The van der Waals surface area contributed by atoms with Crippen LogP contribution in [-0.2, 0) is 14.8 Å². The lowest BCUT2D eigenvalue weighted by Gasteiger charge is -2.31. The normalized spacial score (nSPS) is 23.3. The first-order chi connectivity index (χ1) is 8.03. The van der Waals surface area contributed by atoms with E-state index >= 15 is 0 Å². The van der Waals surface area contributed by atoms with E-state index in [4.69, 9.17) is 5.11 Å². The molecule has 1 saturated heterocycles. The third-order valence-electron chi connectivity index (χ3n) is 2.81. The molecule has 2 rings (SSSR count). The summed E-state index contributed by atoms with van der Waals surface area (Å²) in [6, 6.07) is 8.59. The number of rotatable bonds is 2. The smallest absolute Gasteiger partial charge is 0.323 e. The molecule has 1 unspecified atom stereocenters. The fourth-order valence-corrected chi connectivity index (χ4v) is 3.80. The molecule has 1 aromatic rings. The van der Waals surface area contributed by atoms with Crippen LogP contribution >= 0.6 is 0 Å². The summed E-state index contributed by atoms with van der Waals surface area (Å²) in [5, 5.41) is 7.61. The van der Waals surface area contributed by atoms with Crippen molar-refractivity contribution in [3.63, 3.8) is 0 Å². The lowest BCUT2D eigenvalue weighted by molar-refractivity contribution is -0.136. The van der Waals surface area contributed by atoms with E-state index in [1.165, 1.54) is 4.31 Å². The van der Waals surface area contributed by atoms with Crippen molar-refractivity contribution in [3.05, 3.63) is 30.3 Å². The summed E-state index contributed by atoms with van der Waals surface area (Å²) in [6.45, 7) is 0.343. The quantitative estimate of drug-likeness (QED) is 0.857. The Morgan fingerprint density at radius 3 is 2.53 bits per heavy atom. The molecule has 1 aliphatic heterocycles. The number of carboxylic acids is 1. The summed E-state index contributed by atoms with van der Waals surface area (Å²) >= 11 is 0. The number of carboxylic acid groups (broad SMARTS) is 1. The van der Waals surface area contributed by atoms with Gasteiger partial charge < -0.3 is 5.11 Å². The fourth-order valence-electron chi connectivity index (χ4n) is 1.97. The second kappa shape index (κ2) is 4.37. The Balaban J connectivity index is 2.39. The molecule has 0 bridgehead atoms. The zero-order chi connectivity index (χ0) is 12.5. The van der Waals surface area contributed by atoms with E-state index in [9.17, 15) is 13.2 Å². The van der Waals surface area contributed by atoms with Crippen LogP contribution < -0.4 is 4.31 Å². The maximum atomic E-state index is 12.1. The summed E-state index contributed by atoms with van der Waals surface area (Å²) in [5.41, 5.74) is 0.526. The highest BCUT2D eigenvalue weighted by Gasteiger charge is 2.40. The van der Waals surface area contributed by atoms with Crippen LogP contribution in [0.5, 0.6) is 0 Å². The average molecular weight is 255 g/mol. The predicted octanol–water partition coefficient (Wildman–Crippen LogP) is 1.07. The van der Waals surface area contributed by atoms with Crippen molar-refractivity contribution in [2.45, 2.75) is 18.1 Å². The van der Waals surface area contributed by atoms with Gasteiger partial charge in [0.2, 0.25) is 10.0 Å². The molecule has 0 saturated carbocycles. The fraction of sp³-hybridized carbons (Fsp3) is 0.364. The summed E-state index contributed by atoms with van der Waals surface area (Å²) in [7, 11) is -3.78. The van der Waals surface area contributed by atoms with Gasteiger partial charge in [-0.3, -0.25) is 9.10 Å². The Bertz CT molecular complexity index is 512. The largest absolute Gasteiger partial charge is 0.480 e. The molecule has 1 N–H and O–H groups in total. The van der Waals surface area contributed by atoms with Crippen molar-refractivity contribution in [1.82, 2.24) is 0 Å². The lowest BCUT2D eigenvalue weighted by Crippen LogP contribution is -2.47. The molecule has 1 aromatic carbocycles. The van der Waals surface area contributed by atoms with Crippen molar-refractivity contribution in [2.75, 3.05) is 10.8 Å². The first-order valence-electron chi connectivity index (χ1n) is 5.33. The number of hydrogen-bond acceptors (Lipinski definition) is 3. The first kappa shape index (κ1) is 11.9. The van der Waals surface area contributed by atoms with Crippen LogP contribution in [0.25, 0.3) is 0 Å². The van der Waals surface area contributed by atoms with E-state index in [0.29, 0.717) is 18.7 Å². The van der Waals surface area contributed by atoms with Crippen LogP contribution in [0.1, 0.15) is 12.8 Å². The number of hydrogen-bond donors (Lipinski definition) is 1. The average Bonchev–Trinajstić information content (AvgIpc) is 2.28. The summed E-state index contributed by atoms with van der Waals surface area (Å²) in [6.07, 6.45) is 0.742. The molecule has 0 aromatic heterocycles. The highest BCUT2D eigenvalue weighted by Crippen LogP contribution is 2.27. The van der Waals surface area contributed by atoms with Gasteiger partial charge in [0.05, 0.1) is 5.69 Å². The van der Waals surface area contributed by atoms with Gasteiger partial charge >= 0.3 is 5.97 Å². The second-order valence-corrected chi connectivity index (χ2v) is 5.96. The van der Waals surface area contributed by atoms with Crippen LogP contribution in [-0.4, -0.2) is 31.3 Å². The minimum Gasteiger partial charge on any atom is -0.480 e. The minimum atomic E-state index is -3.78. The highest BCUT2D eigenvalue weighted by atomic mass is 32.2. The topological polar surface area (TPSA) is 74.7 Å². The van der Waals surface area contributed by atoms with Gasteiger partial charge in [0.15, 0.2) is 5.25 Å². The van der Waals surface area contributed by atoms with Crippen LogP contribution in [0.3, 0.4) is 0 Å². The first-order valence-corrected chi connectivity index (χ1v) is 6.83. The van der Waals surface area contributed by atoms with E-state index < -0.39 is 21.2 Å². The summed E-state index contributed by atoms with van der Waals surface area (Å²) in [4.78, 5) is 10.9. The van der Waals surface area contributed by atoms with Gasteiger partial charge in [0.25, 0.3) is 0 Å². The number of nitrogens with zero attached hydrogens (tertiary/aromatic N) is 1. The summed E-state index contributed by atoms with van der Waals surface area (Å²) < 4.78 is 25.4. The van der Waals surface area contributed by atoms with Gasteiger partial charge in [-0.05, 0) is 25.0 Å². The van der Waals surface area contributed by atoms with Crippen LogP contribution in [0.4, 0.5) is 5.69 Å². The van der Waals surface area contributed by atoms with E-state index in [0.717, 1.165) is 0 Å². The molecule has 1 atom stereocenters. The molecule has 92 valence electrons. The van der Waals surface area contributed by atoms with Crippen molar-refractivity contribution in [1.29, 1.82) is 0 Å². The molecule has 1 fully saturated rings. The molecule has 0 aliphatic carbocycles. The van der Waals surface area contributed by atoms with Crippen LogP contribution in [0.15, 0.2) is 30.3 Å². The molecule has 17 heavy (non-hydrogen) atoms. The Morgan fingerprint density at radius 2 is 1.94 bits per heavy atom. The zero-order valence-electron chi connectivity index (χ0n) is 9.11. The maximum absolute atomic E-state index is 12.1.